The van der Waals surface area contributed by atoms with Crippen molar-refractivity contribution in [3.8, 4) is 0 Å². The van der Waals surface area contributed by atoms with Gasteiger partial charge in [-0.3, -0.25) is 9.59 Å². The van der Waals surface area contributed by atoms with E-state index >= 15 is 0 Å². The number of fused-ring (bicyclic) bond motifs is 2. The molecule has 0 saturated carbocycles. The Morgan fingerprint density at radius 2 is 2.00 bits per heavy atom. The third-order valence-corrected chi connectivity index (χ3v) is 4.96. The van der Waals surface area contributed by atoms with Crippen molar-refractivity contribution in [3.05, 3.63) is 58.7 Å². The molecule has 2 aliphatic rings. The summed E-state index contributed by atoms with van der Waals surface area (Å²) < 4.78 is 5.52. The smallest absolute Gasteiger partial charge is 0.256 e. The minimum Gasteiger partial charge on any atom is -0.376 e. The second kappa shape index (κ2) is 6.33. The van der Waals surface area contributed by atoms with E-state index in [1.807, 2.05) is 30.3 Å². The van der Waals surface area contributed by atoms with Crippen molar-refractivity contribution in [2.24, 2.45) is 0 Å². The van der Waals surface area contributed by atoms with E-state index in [4.69, 9.17) is 4.74 Å². The summed E-state index contributed by atoms with van der Waals surface area (Å²) in [6.07, 6.45) is 2.05. The number of benzene rings is 2. The molecule has 0 fully saturated rings. The molecule has 128 valence electrons. The average Bonchev–Trinajstić information content (AvgIpc) is 2.64. The van der Waals surface area contributed by atoms with Crippen molar-refractivity contribution < 1.29 is 14.3 Å². The fourth-order valence-electron chi connectivity index (χ4n) is 3.54. The Kier molecular flexibility index (Phi) is 4.01. The summed E-state index contributed by atoms with van der Waals surface area (Å²) >= 11 is 0. The average molecular weight is 336 g/mol. The largest absolute Gasteiger partial charge is 0.376 e. The summed E-state index contributed by atoms with van der Waals surface area (Å²) in [6.45, 7) is 1.19. The van der Waals surface area contributed by atoms with Crippen molar-refractivity contribution in [1.29, 1.82) is 0 Å². The molecule has 5 heteroatoms. The van der Waals surface area contributed by atoms with Crippen LogP contribution in [0.3, 0.4) is 0 Å². The second-order valence-corrected chi connectivity index (χ2v) is 6.50. The zero-order valence-corrected chi connectivity index (χ0v) is 14.2. The quantitative estimate of drug-likeness (QED) is 0.917. The number of anilines is 2. The number of rotatable bonds is 2. The number of carbonyl (C=O) groups excluding carboxylic acids is 2. The number of ether oxygens (including phenoxy) is 1. The van der Waals surface area contributed by atoms with E-state index in [0.717, 1.165) is 28.9 Å². The van der Waals surface area contributed by atoms with Gasteiger partial charge in [0.05, 0.1) is 13.2 Å². The molecule has 0 spiro atoms. The van der Waals surface area contributed by atoms with Gasteiger partial charge in [-0.25, -0.2) is 0 Å². The zero-order valence-electron chi connectivity index (χ0n) is 14.2. The van der Waals surface area contributed by atoms with Gasteiger partial charge in [0.1, 0.15) is 0 Å². The van der Waals surface area contributed by atoms with E-state index < -0.39 is 0 Å². The zero-order chi connectivity index (χ0) is 17.4. The van der Waals surface area contributed by atoms with Gasteiger partial charge >= 0.3 is 0 Å². The Hall–Kier alpha value is -2.66. The normalized spacial score (nSPS) is 16.2. The summed E-state index contributed by atoms with van der Waals surface area (Å²) in [5, 5.41) is 2.99. The van der Waals surface area contributed by atoms with Crippen LogP contribution in [0, 0.1) is 0 Å². The first-order chi connectivity index (χ1) is 12.1. The van der Waals surface area contributed by atoms with Gasteiger partial charge in [-0.1, -0.05) is 12.1 Å². The molecule has 0 unspecified atom stereocenters. The third-order valence-electron chi connectivity index (χ3n) is 4.96. The van der Waals surface area contributed by atoms with Crippen LogP contribution in [0.25, 0.3) is 0 Å². The molecule has 5 nitrogen and oxygen atoms in total. The molecule has 0 aromatic heterocycles. The Morgan fingerprint density at radius 1 is 1.12 bits per heavy atom. The molecule has 2 aromatic carbocycles. The van der Waals surface area contributed by atoms with E-state index in [2.05, 4.69) is 11.4 Å². The SMILES string of the molecule is CN1C(=O)CCc2cc(NC(=O)c3cccc4c3COCC4)ccc21. The second-order valence-electron chi connectivity index (χ2n) is 6.50. The van der Waals surface area contributed by atoms with E-state index in [-0.39, 0.29) is 11.8 Å². The van der Waals surface area contributed by atoms with E-state index in [9.17, 15) is 9.59 Å². The van der Waals surface area contributed by atoms with E-state index in [1.165, 1.54) is 5.56 Å². The van der Waals surface area contributed by atoms with Crippen molar-refractivity contribution in [2.45, 2.75) is 25.9 Å². The summed E-state index contributed by atoms with van der Waals surface area (Å²) in [7, 11) is 1.79. The predicted molar refractivity (Wildman–Crippen MR) is 95.9 cm³/mol. The molecule has 2 heterocycles. The van der Waals surface area contributed by atoms with Crippen LogP contribution in [0.15, 0.2) is 36.4 Å². The van der Waals surface area contributed by atoms with Gasteiger partial charge in [0, 0.05) is 30.4 Å². The van der Waals surface area contributed by atoms with Crippen LogP contribution in [0.4, 0.5) is 11.4 Å². The molecule has 0 bridgehead atoms. The van der Waals surface area contributed by atoms with Gasteiger partial charge in [-0.05, 0) is 53.8 Å². The lowest BCUT2D eigenvalue weighted by atomic mass is 9.97. The maximum absolute atomic E-state index is 12.7. The van der Waals surface area contributed by atoms with Crippen LogP contribution in [-0.2, 0) is 29.0 Å². The lowest BCUT2D eigenvalue weighted by molar-refractivity contribution is -0.118. The molecular weight excluding hydrogens is 316 g/mol. The van der Waals surface area contributed by atoms with Gasteiger partial charge in [0.25, 0.3) is 5.91 Å². The molecule has 25 heavy (non-hydrogen) atoms. The third kappa shape index (κ3) is 2.91. The summed E-state index contributed by atoms with van der Waals surface area (Å²) in [5.41, 5.74) is 5.58. The minimum absolute atomic E-state index is 0.123. The van der Waals surface area contributed by atoms with Crippen LogP contribution < -0.4 is 10.2 Å². The van der Waals surface area contributed by atoms with Gasteiger partial charge in [0.2, 0.25) is 5.91 Å². The maximum atomic E-state index is 12.7. The molecule has 1 N–H and O–H groups in total. The molecule has 2 aromatic rings. The van der Waals surface area contributed by atoms with Crippen LogP contribution in [0.1, 0.15) is 33.5 Å². The van der Waals surface area contributed by atoms with Crippen molar-refractivity contribution in [2.75, 3.05) is 23.9 Å². The number of nitrogens with zero attached hydrogens (tertiary/aromatic N) is 1. The Labute approximate surface area is 146 Å². The standard InChI is InChI=1S/C20H20N2O3/c1-22-18-7-6-15(11-14(18)5-8-19(22)23)21-20(24)16-4-2-3-13-9-10-25-12-17(13)16/h2-4,6-7,11H,5,8-10,12H2,1H3,(H,21,24). The summed E-state index contributed by atoms with van der Waals surface area (Å²) in [4.78, 5) is 26.2. The Bertz CT molecular complexity index is 860. The molecule has 0 atom stereocenters. The highest BCUT2D eigenvalue weighted by molar-refractivity contribution is 6.06. The Balaban J connectivity index is 1.59. The molecule has 2 amide bonds. The lowest BCUT2D eigenvalue weighted by Gasteiger charge is -2.26. The van der Waals surface area contributed by atoms with E-state index in [1.54, 1.807) is 11.9 Å². The molecule has 0 saturated heterocycles. The number of carbonyl (C=O) groups is 2. The molecule has 2 aliphatic heterocycles. The maximum Gasteiger partial charge on any atom is 0.256 e. The number of aryl methyl sites for hydroxylation is 1. The van der Waals surface area contributed by atoms with Crippen LogP contribution in [0.5, 0.6) is 0 Å². The first kappa shape index (κ1) is 15.8. The predicted octanol–water partition coefficient (Wildman–Crippen LogP) is 2.92. The highest BCUT2D eigenvalue weighted by Crippen LogP contribution is 2.30. The molecule has 0 radical (unpaired) electrons. The number of amides is 2. The van der Waals surface area contributed by atoms with Gasteiger partial charge in [-0.15, -0.1) is 0 Å². The fourth-order valence-corrected chi connectivity index (χ4v) is 3.54. The van der Waals surface area contributed by atoms with Gasteiger partial charge in [-0.2, -0.15) is 0 Å². The van der Waals surface area contributed by atoms with Crippen molar-refractivity contribution in [3.63, 3.8) is 0 Å². The summed E-state index contributed by atoms with van der Waals surface area (Å²) in [6, 6.07) is 11.5. The topological polar surface area (TPSA) is 58.6 Å². The van der Waals surface area contributed by atoms with Crippen molar-refractivity contribution in [1.82, 2.24) is 0 Å². The first-order valence-electron chi connectivity index (χ1n) is 8.53. The minimum atomic E-state index is -0.123. The Morgan fingerprint density at radius 3 is 2.88 bits per heavy atom. The number of hydrogen-bond donors (Lipinski definition) is 1. The van der Waals surface area contributed by atoms with E-state index in [0.29, 0.717) is 31.6 Å². The van der Waals surface area contributed by atoms with Crippen LogP contribution in [0.2, 0.25) is 0 Å². The number of hydrogen-bond acceptors (Lipinski definition) is 3. The molecule has 0 aliphatic carbocycles. The highest BCUT2D eigenvalue weighted by Gasteiger charge is 2.22. The highest BCUT2D eigenvalue weighted by atomic mass is 16.5. The molecular formula is C20H20N2O3. The summed E-state index contributed by atoms with van der Waals surface area (Å²) in [5.74, 6) is 0.00254. The molecule has 4 rings (SSSR count). The fraction of sp³-hybridized carbons (Fsp3) is 0.300. The number of nitrogens with one attached hydrogen (secondary N) is 1. The van der Waals surface area contributed by atoms with Crippen LogP contribution >= 0.6 is 0 Å². The first-order valence-corrected chi connectivity index (χ1v) is 8.53. The monoisotopic (exact) mass is 336 g/mol. The van der Waals surface area contributed by atoms with Crippen molar-refractivity contribution >= 4 is 23.2 Å². The lowest BCUT2D eigenvalue weighted by Crippen LogP contribution is -2.31. The van der Waals surface area contributed by atoms with Gasteiger partial charge in [0.15, 0.2) is 0 Å². The van der Waals surface area contributed by atoms with Gasteiger partial charge < -0.3 is 15.0 Å². The van der Waals surface area contributed by atoms with Crippen LogP contribution in [-0.4, -0.2) is 25.5 Å².